The molecule has 0 bridgehead atoms. The lowest BCUT2D eigenvalue weighted by Crippen LogP contribution is -2.49. The fraction of sp³-hybridized carbons (Fsp3) is 0.818. The Morgan fingerprint density at radius 3 is 2.81 bits per heavy atom. The molecule has 92 valence electrons. The summed E-state index contributed by atoms with van der Waals surface area (Å²) in [5.74, 6) is 0.0766. The van der Waals surface area contributed by atoms with Gasteiger partial charge in [-0.25, -0.2) is 4.79 Å². The lowest BCUT2D eigenvalue weighted by molar-refractivity contribution is -0.125. The van der Waals surface area contributed by atoms with E-state index >= 15 is 0 Å². The summed E-state index contributed by atoms with van der Waals surface area (Å²) in [4.78, 5) is 24.1. The van der Waals surface area contributed by atoms with Crippen molar-refractivity contribution in [3.8, 4) is 0 Å². The Balaban J connectivity index is 2.74. The molecule has 5 nitrogen and oxygen atoms in total. The third kappa shape index (κ3) is 3.40. The molecule has 0 aliphatic carbocycles. The summed E-state index contributed by atoms with van der Waals surface area (Å²) < 4.78 is 0. The Kier molecular flexibility index (Phi) is 4.58. The highest BCUT2D eigenvalue weighted by Crippen LogP contribution is 2.14. The van der Waals surface area contributed by atoms with E-state index in [4.69, 9.17) is 5.11 Å². The predicted molar refractivity (Wildman–Crippen MR) is 60.2 cm³/mol. The first-order chi connectivity index (χ1) is 7.52. The lowest BCUT2D eigenvalue weighted by atomic mass is 10.1. The van der Waals surface area contributed by atoms with E-state index in [0.717, 1.165) is 12.8 Å². The molecule has 1 aliphatic rings. The van der Waals surface area contributed by atoms with Gasteiger partial charge in [0.15, 0.2) is 0 Å². The van der Waals surface area contributed by atoms with Gasteiger partial charge < -0.3 is 10.4 Å². The van der Waals surface area contributed by atoms with Crippen molar-refractivity contribution in [2.75, 3.05) is 13.1 Å². The maximum absolute atomic E-state index is 11.7. The molecule has 0 spiro atoms. The van der Waals surface area contributed by atoms with Crippen molar-refractivity contribution in [3.05, 3.63) is 0 Å². The zero-order valence-electron chi connectivity index (χ0n) is 9.90. The third-order valence-electron chi connectivity index (χ3n) is 2.69. The van der Waals surface area contributed by atoms with Gasteiger partial charge in [0.2, 0.25) is 5.91 Å². The summed E-state index contributed by atoms with van der Waals surface area (Å²) >= 11 is 0. The van der Waals surface area contributed by atoms with Crippen LogP contribution in [-0.2, 0) is 4.79 Å². The average Bonchev–Trinajstić information content (AvgIpc) is 2.39. The minimum atomic E-state index is -1.00. The topological polar surface area (TPSA) is 69.6 Å². The van der Waals surface area contributed by atoms with Crippen molar-refractivity contribution in [2.24, 2.45) is 5.92 Å². The van der Waals surface area contributed by atoms with Gasteiger partial charge in [0, 0.05) is 13.1 Å². The van der Waals surface area contributed by atoms with E-state index in [9.17, 15) is 9.59 Å². The number of amides is 2. The van der Waals surface area contributed by atoms with Gasteiger partial charge in [-0.15, -0.1) is 0 Å². The second kappa shape index (κ2) is 5.72. The summed E-state index contributed by atoms with van der Waals surface area (Å²) in [6.45, 7) is 4.97. The molecule has 1 heterocycles. The number of carbonyl (C=O) groups excluding carboxylic acids is 1. The average molecular weight is 228 g/mol. The van der Waals surface area contributed by atoms with E-state index in [1.807, 2.05) is 13.8 Å². The van der Waals surface area contributed by atoms with Gasteiger partial charge in [-0.05, 0) is 25.2 Å². The van der Waals surface area contributed by atoms with Crippen molar-refractivity contribution < 1.29 is 14.7 Å². The van der Waals surface area contributed by atoms with Gasteiger partial charge in [0.25, 0.3) is 0 Å². The van der Waals surface area contributed by atoms with Gasteiger partial charge in [-0.3, -0.25) is 9.69 Å². The molecule has 1 saturated heterocycles. The van der Waals surface area contributed by atoms with Crippen LogP contribution >= 0.6 is 0 Å². The Morgan fingerprint density at radius 2 is 2.25 bits per heavy atom. The zero-order chi connectivity index (χ0) is 12.1. The van der Waals surface area contributed by atoms with E-state index in [2.05, 4.69) is 5.32 Å². The van der Waals surface area contributed by atoms with E-state index in [1.165, 1.54) is 4.90 Å². The Bertz CT molecular complexity index is 266. The third-order valence-corrected chi connectivity index (χ3v) is 2.69. The number of rotatable bonds is 3. The number of nitrogens with one attached hydrogen (secondary N) is 1. The zero-order valence-corrected chi connectivity index (χ0v) is 9.90. The molecule has 1 rings (SSSR count). The van der Waals surface area contributed by atoms with Crippen molar-refractivity contribution in [1.82, 2.24) is 10.2 Å². The molecule has 0 aromatic heterocycles. The Morgan fingerprint density at radius 1 is 1.56 bits per heavy atom. The van der Waals surface area contributed by atoms with Gasteiger partial charge >= 0.3 is 6.09 Å². The number of hydrogen-bond acceptors (Lipinski definition) is 2. The second-order valence-electron chi connectivity index (χ2n) is 4.63. The van der Waals surface area contributed by atoms with Gasteiger partial charge in [-0.1, -0.05) is 13.8 Å². The fourth-order valence-electron chi connectivity index (χ4n) is 1.95. The Hall–Kier alpha value is -1.26. The highest BCUT2D eigenvalue weighted by Gasteiger charge is 2.30. The maximum atomic E-state index is 11.7. The summed E-state index contributed by atoms with van der Waals surface area (Å²) in [5.41, 5.74) is 0. The van der Waals surface area contributed by atoms with Crippen molar-refractivity contribution in [3.63, 3.8) is 0 Å². The van der Waals surface area contributed by atoms with E-state index in [-0.39, 0.29) is 11.8 Å². The van der Waals surface area contributed by atoms with Crippen LogP contribution in [0.25, 0.3) is 0 Å². The largest absolute Gasteiger partial charge is 0.465 e. The van der Waals surface area contributed by atoms with E-state index in [0.29, 0.717) is 19.5 Å². The minimum Gasteiger partial charge on any atom is -0.465 e. The Labute approximate surface area is 95.8 Å². The summed E-state index contributed by atoms with van der Waals surface area (Å²) in [6.07, 6.45) is 1.45. The molecular formula is C11H20N2O3. The molecule has 1 unspecified atom stereocenters. The summed E-state index contributed by atoms with van der Waals surface area (Å²) in [7, 11) is 0. The molecule has 1 fully saturated rings. The first kappa shape index (κ1) is 12.8. The first-order valence-electron chi connectivity index (χ1n) is 5.79. The summed E-state index contributed by atoms with van der Waals surface area (Å²) in [6, 6.07) is -0.512. The van der Waals surface area contributed by atoms with Crippen LogP contribution in [0, 0.1) is 5.92 Å². The van der Waals surface area contributed by atoms with E-state index in [1.54, 1.807) is 0 Å². The molecule has 0 aromatic carbocycles. The maximum Gasteiger partial charge on any atom is 0.407 e. The molecule has 2 N–H and O–H groups in total. The number of nitrogens with zero attached hydrogens (tertiary/aromatic N) is 1. The number of hydrogen-bond donors (Lipinski definition) is 2. The van der Waals surface area contributed by atoms with Crippen LogP contribution in [0.3, 0.4) is 0 Å². The van der Waals surface area contributed by atoms with Gasteiger partial charge in [-0.2, -0.15) is 0 Å². The van der Waals surface area contributed by atoms with Crippen LogP contribution in [0.2, 0.25) is 0 Å². The lowest BCUT2D eigenvalue weighted by Gasteiger charge is -2.28. The second-order valence-corrected chi connectivity index (χ2v) is 4.63. The quantitative estimate of drug-likeness (QED) is 0.764. The normalized spacial score (nSPS) is 21.4. The fourth-order valence-corrected chi connectivity index (χ4v) is 1.95. The smallest absolute Gasteiger partial charge is 0.407 e. The van der Waals surface area contributed by atoms with Crippen molar-refractivity contribution in [2.45, 2.75) is 39.2 Å². The summed E-state index contributed by atoms with van der Waals surface area (Å²) in [5, 5.41) is 11.9. The number of carbonyl (C=O) groups is 2. The molecule has 1 atom stereocenters. The monoisotopic (exact) mass is 228 g/mol. The van der Waals surface area contributed by atoms with Crippen LogP contribution in [-0.4, -0.2) is 41.1 Å². The van der Waals surface area contributed by atoms with Gasteiger partial charge in [0.1, 0.15) is 6.04 Å². The molecule has 0 saturated carbocycles. The SMILES string of the molecule is CC(C)CN(C(=O)O)C1CCCCNC1=O. The van der Waals surface area contributed by atoms with Crippen molar-refractivity contribution >= 4 is 12.0 Å². The molecule has 5 heteroatoms. The van der Waals surface area contributed by atoms with Crippen molar-refractivity contribution in [1.29, 1.82) is 0 Å². The molecule has 0 radical (unpaired) electrons. The number of carboxylic acid groups (broad SMARTS) is 1. The van der Waals surface area contributed by atoms with E-state index < -0.39 is 12.1 Å². The standard InChI is InChI=1S/C11H20N2O3/c1-8(2)7-13(11(15)16)9-5-3-4-6-12-10(9)14/h8-9H,3-7H2,1-2H3,(H,12,14)(H,15,16). The van der Waals surface area contributed by atoms with Crippen LogP contribution in [0.4, 0.5) is 4.79 Å². The molecular weight excluding hydrogens is 208 g/mol. The highest BCUT2D eigenvalue weighted by atomic mass is 16.4. The van der Waals surface area contributed by atoms with Crippen LogP contribution in [0.5, 0.6) is 0 Å². The van der Waals surface area contributed by atoms with Gasteiger partial charge in [0.05, 0.1) is 0 Å². The van der Waals surface area contributed by atoms with Crippen LogP contribution in [0.1, 0.15) is 33.1 Å². The molecule has 16 heavy (non-hydrogen) atoms. The molecule has 1 aliphatic heterocycles. The molecule has 2 amide bonds. The molecule has 0 aromatic rings. The van der Waals surface area contributed by atoms with Crippen LogP contribution in [0.15, 0.2) is 0 Å². The predicted octanol–water partition coefficient (Wildman–Crippen LogP) is 1.29. The minimum absolute atomic E-state index is 0.152. The van der Waals surface area contributed by atoms with Crippen LogP contribution < -0.4 is 5.32 Å². The highest BCUT2D eigenvalue weighted by molar-refractivity contribution is 5.85. The first-order valence-corrected chi connectivity index (χ1v) is 5.79.